The number of nitrogens with zero attached hydrogens (tertiary/aromatic N) is 1. The van der Waals surface area contributed by atoms with Gasteiger partial charge in [0.05, 0.1) is 23.9 Å². The van der Waals surface area contributed by atoms with E-state index in [4.69, 9.17) is 4.74 Å². The second kappa shape index (κ2) is 8.50. The summed E-state index contributed by atoms with van der Waals surface area (Å²) in [7, 11) is 0. The number of hydrogen-bond acceptors (Lipinski definition) is 5. The minimum absolute atomic E-state index is 0.129. The zero-order valence-corrected chi connectivity index (χ0v) is 15.7. The van der Waals surface area contributed by atoms with Crippen LogP contribution in [0.3, 0.4) is 0 Å². The van der Waals surface area contributed by atoms with E-state index in [-0.39, 0.29) is 42.3 Å². The summed E-state index contributed by atoms with van der Waals surface area (Å²) < 4.78 is 31.7. The molecule has 0 aromatic heterocycles. The van der Waals surface area contributed by atoms with Gasteiger partial charge in [-0.25, -0.2) is 8.78 Å². The minimum atomic E-state index is -1.28. The Balaban J connectivity index is 1.50. The number of carbonyl (C=O) groups excluding carboxylic acids is 4. The molecule has 0 saturated carbocycles. The molecule has 7 nitrogen and oxygen atoms in total. The number of hydrogen-bond donors (Lipinski definition) is 1. The van der Waals surface area contributed by atoms with Gasteiger partial charge in [0.15, 0.2) is 6.10 Å². The van der Waals surface area contributed by atoms with E-state index >= 15 is 0 Å². The summed E-state index contributed by atoms with van der Waals surface area (Å²) in [6.45, 7) is 1.15. The van der Waals surface area contributed by atoms with Crippen LogP contribution in [-0.4, -0.2) is 41.2 Å². The number of anilines is 1. The lowest BCUT2D eigenvalue weighted by Gasteiger charge is -2.16. The zero-order chi connectivity index (χ0) is 21.1. The van der Waals surface area contributed by atoms with Crippen molar-refractivity contribution in [2.75, 3.05) is 11.9 Å². The number of likely N-dealkylation sites (tertiary alicyclic amines) is 1. The van der Waals surface area contributed by atoms with Crippen LogP contribution in [0.1, 0.15) is 26.2 Å². The Morgan fingerprint density at radius 3 is 2.41 bits per heavy atom. The predicted molar refractivity (Wildman–Crippen MR) is 97.2 cm³/mol. The van der Waals surface area contributed by atoms with E-state index in [1.807, 2.05) is 12.2 Å². The van der Waals surface area contributed by atoms with E-state index in [2.05, 4.69) is 5.32 Å². The maximum Gasteiger partial charge on any atom is 0.308 e. The summed E-state index contributed by atoms with van der Waals surface area (Å²) in [6.07, 6.45) is 3.20. The van der Waals surface area contributed by atoms with Gasteiger partial charge in [0, 0.05) is 12.6 Å². The fourth-order valence-corrected chi connectivity index (χ4v) is 3.43. The van der Waals surface area contributed by atoms with Crippen LogP contribution in [0, 0.1) is 23.5 Å². The van der Waals surface area contributed by atoms with Gasteiger partial charge in [-0.05, 0) is 31.9 Å². The first-order chi connectivity index (χ1) is 13.8. The molecule has 0 spiro atoms. The summed E-state index contributed by atoms with van der Waals surface area (Å²) in [5, 5.41) is 2.14. The normalized spacial score (nSPS) is 21.7. The zero-order valence-electron chi connectivity index (χ0n) is 15.7. The highest BCUT2D eigenvalue weighted by Gasteiger charge is 2.47. The van der Waals surface area contributed by atoms with Crippen LogP contribution in [0.25, 0.3) is 0 Å². The predicted octanol–water partition coefficient (Wildman–Crippen LogP) is 2.18. The van der Waals surface area contributed by atoms with Crippen LogP contribution in [0.4, 0.5) is 14.5 Å². The number of allylic oxidation sites excluding steroid dienone is 2. The highest BCUT2D eigenvalue weighted by Crippen LogP contribution is 2.35. The van der Waals surface area contributed by atoms with Gasteiger partial charge in [-0.1, -0.05) is 12.2 Å². The molecule has 0 bridgehead atoms. The Morgan fingerprint density at radius 2 is 1.79 bits per heavy atom. The van der Waals surface area contributed by atoms with Crippen LogP contribution in [-0.2, 0) is 23.9 Å². The summed E-state index contributed by atoms with van der Waals surface area (Å²) >= 11 is 0. The lowest BCUT2D eigenvalue weighted by Crippen LogP contribution is -2.35. The highest BCUT2D eigenvalue weighted by atomic mass is 19.1. The number of imide groups is 1. The minimum Gasteiger partial charge on any atom is -0.452 e. The molecule has 0 radical (unpaired) electrons. The molecule has 3 atom stereocenters. The van der Waals surface area contributed by atoms with Gasteiger partial charge >= 0.3 is 5.97 Å². The maximum atomic E-state index is 13.6. The van der Waals surface area contributed by atoms with Gasteiger partial charge < -0.3 is 10.1 Å². The molecule has 1 fully saturated rings. The molecular formula is C20H20F2N2O5. The number of halogens is 2. The summed E-state index contributed by atoms with van der Waals surface area (Å²) in [6, 6.07) is 2.57. The average molecular weight is 406 g/mol. The van der Waals surface area contributed by atoms with Crippen molar-refractivity contribution in [3.8, 4) is 0 Å². The molecule has 3 amide bonds. The van der Waals surface area contributed by atoms with Gasteiger partial charge in [-0.2, -0.15) is 0 Å². The van der Waals surface area contributed by atoms with Crippen molar-refractivity contribution in [3.05, 3.63) is 42.0 Å². The molecule has 1 aliphatic carbocycles. The molecule has 1 aromatic carbocycles. The standard InChI is InChI=1S/C20H20F2N2O5/c1-11(18(26)23-16-10-12(21)6-7-15(16)22)29-17(25)8-9-24-19(27)13-4-2-3-5-14(13)20(24)28/h2-3,6-7,10-11,13-14H,4-5,8-9H2,1H3,(H,23,26)/t11-,13-,14+/m1/s1. The van der Waals surface area contributed by atoms with Crippen molar-refractivity contribution in [2.24, 2.45) is 11.8 Å². The number of ether oxygens (including phenoxy) is 1. The second-order valence-electron chi connectivity index (χ2n) is 6.98. The molecule has 0 unspecified atom stereocenters. The third kappa shape index (κ3) is 4.49. The molecule has 1 N–H and O–H groups in total. The first-order valence-electron chi connectivity index (χ1n) is 9.23. The van der Waals surface area contributed by atoms with E-state index in [1.54, 1.807) is 0 Å². The first-order valence-corrected chi connectivity index (χ1v) is 9.23. The average Bonchev–Trinajstić information content (AvgIpc) is 2.93. The Morgan fingerprint density at radius 1 is 1.17 bits per heavy atom. The Kier molecular flexibility index (Phi) is 6.05. The number of carbonyl (C=O) groups is 4. The van der Waals surface area contributed by atoms with Crippen LogP contribution in [0.15, 0.2) is 30.4 Å². The van der Waals surface area contributed by atoms with Gasteiger partial charge in [0.1, 0.15) is 11.6 Å². The van der Waals surface area contributed by atoms with Crippen molar-refractivity contribution in [1.29, 1.82) is 0 Å². The smallest absolute Gasteiger partial charge is 0.308 e. The first kappa shape index (κ1) is 20.6. The molecule has 154 valence electrons. The number of esters is 1. The van der Waals surface area contributed by atoms with Gasteiger partial charge in [0.25, 0.3) is 5.91 Å². The van der Waals surface area contributed by atoms with Gasteiger partial charge in [-0.15, -0.1) is 0 Å². The van der Waals surface area contributed by atoms with E-state index in [0.717, 1.165) is 23.1 Å². The maximum absolute atomic E-state index is 13.6. The molecular weight excluding hydrogens is 386 g/mol. The van der Waals surface area contributed by atoms with E-state index in [0.29, 0.717) is 12.8 Å². The topological polar surface area (TPSA) is 92.8 Å². The third-order valence-corrected chi connectivity index (χ3v) is 5.00. The van der Waals surface area contributed by atoms with E-state index in [1.165, 1.54) is 6.92 Å². The highest BCUT2D eigenvalue weighted by molar-refractivity contribution is 6.05. The lowest BCUT2D eigenvalue weighted by molar-refractivity contribution is -0.154. The van der Waals surface area contributed by atoms with Crippen molar-refractivity contribution in [3.63, 3.8) is 0 Å². The molecule has 9 heteroatoms. The number of rotatable bonds is 6. The molecule has 2 aliphatic rings. The third-order valence-electron chi connectivity index (χ3n) is 5.00. The van der Waals surface area contributed by atoms with Gasteiger partial charge in [0.2, 0.25) is 11.8 Å². The fraction of sp³-hybridized carbons (Fsp3) is 0.400. The summed E-state index contributed by atoms with van der Waals surface area (Å²) in [5.41, 5.74) is -0.373. The van der Waals surface area contributed by atoms with Crippen LogP contribution in [0.5, 0.6) is 0 Å². The monoisotopic (exact) mass is 406 g/mol. The SMILES string of the molecule is C[C@@H](OC(=O)CCN1C(=O)[C@H]2CC=CC[C@H]2C1=O)C(=O)Nc1cc(F)ccc1F. The van der Waals surface area contributed by atoms with Crippen LogP contribution in [0.2, 0.25) is 0 Å². The molecule has 1 aliphatic heterocycles. The lowest BCUT2D eigenvalue weighted by atomic mass is 9.85. The quantitative estimate of drug-likeness (QED) is 0.444. The number of fused-ring (bicyclic) bond motifs is 1. The number of amides is 3. The van der Waals surface area contributed by atoms with Crippen molar-refractivity contribution in [1.82, 2.24) is 4.90 Å². The summed E-state index contributed by atoms with van der Waals surface area (Å²) in [5.74, 6) is -4.56. The van der Waals surface area contributed by atoms with Crippen molar-refractivity contribution < 1.29 is 32.7 Å². The Bertz CT molecular complexity index is 860. The largest absolute Gasteiger partial charge is 0.452 e. The van der Waals surface area contributed by atoms with Crippen molar-refractivity contribution >= 4 is 29.4 Å². The molecule has 29 heavy (non-hydrogen) atoms. The van der Waals surface area contributed by atoms with E-state index in [9.17, 15) is 28.0 Å². The van der Waals surface area contributed by atoms with Gasteiger partial charge in [-0.3, -0.25) is 24.1 Å². The second-order valence-corrected chi connectivity index (χ2v) is 6.98. The fourth-order valence-electron chi connectivity index (χ4n) is 3.43. The van der Waals surface area contributed by atoms with E-state index < -0.39 is 29.6 Å². The summed E-state index contributed by atoms with van der Waals surface area (Å²) in [4.78, 5) is 49.8. The number of nitrogens with one attached hydrogen (secondary N) is 1. The molecule has 1 aromatic rings. The Labute approximate surface area is 165 Å². The molecule has 1 heterocycles. The van der Waals surface area contributed by atoms with Crippen LogP contribution < -0.4 is 5.32 Å². The van der Waals surface area contributed by atoms with Crippen LogP contribution >= 0.6 is 0 Å². The number of benzene rings is 1. The molecule has 1 saturated heterocycles. The Hall–Kier alpha value is -3.10. The van der Waals surface area contributed by atoms with Crippen molar-refractivity contribution in [2.45, 2.75) is 32.3 Å². The molecule has 3 rings (SSSR count).